The van der Waals surface area contributed by atoms with Crippen LogP contribution in [0.15, 0.2) is 17.3 Å². The summed E-state index contributed by atoms with van der Waals surface area (Å²) in [5.41, 5.74) is 0. The highest BCUT2D eigenvalue weighted by Crippen LogP contribution is 2.15. The Balaban J connectivity index is 2.28. The molecular weight excluding hydrogens is 244 g/mol. The third-order valence-corrected chi connectivity index (χ3v) is 4.34. The molecule has 0 atom stereocenters. The van der Waals surface area contributed by atoms with Crippen molar-refractivity contribution in [1.29, 1.82) is 0 Å². The van der Waals surface area contributed by atoms with Crippen LogP contribution in [0.4, 0.5) is 0 Å². The lowest BCUT2D eigenvalue weighted by molar-refractivity contribution is -0.120. The Bertz CT molecular complexity index is 522. The second kappa shape index (κ2) is 4.46. The number of aryl methyl sites for hydroxylation is 1. The summed E-state index contributed by atoms with van der Waals surface area (Å²) in [4.78, 5) is 11.5. The van der Waals surface area contributed by atoms with Crippen LogP contribution in [0.1, 0.15) is 6.42 Å². The van der Waals surface area contributed by atoms with E-state index in [-0.39, 0.29) is 17.3 Å². The zero-order valence-corrected chi connectivity index (χ0v) is 10.3. The molecule has 0 aromatic carbocycles. The molecule has 0 spiro atoms. The highest BCUT2D eigenvalue weighted by molar-refractivity contribution is 7.89. The molecule has 2 heterocycles. The van der Waals surface area contributed by atoms with Crippen LogP contribution in [0.5, 0.6) is 0 Å². The third kappa shape index (κ3) is 2.47. The molecule has 1 aliphatic rings. The summed E-state index contributed by atoms with van der Waals surface area (Å²) in [7, 11) is -1.96. The molecular formula is C9H14N4O3S. The molecule has 1 fully saturated rings. The first kappa shape index (κ1) is 12.1. The molecule has 1 amide bonds. The lowest BCUT2D eigenvalue weighted by Crippen LogP contribution is -2.37. The SMILES string of the molecule is Cn1cc(S(=O)(=O)N2CCCNC(=O)C2)cn1. The van der Waals surface area contributed by atoms with Crippen LogP contribution in [0.3, 0.4) is 0 Å². The van der Waals surface area contributed by atoms with Crippen molar-refractivity contribution in [3.63, 3.8) is 0 Å². The third-order valence-electron chi connectivity index (χ3n) is 2.55. The van der Waals surface area contributed by atoms with E-state index in [9.17, 15) is 13.2 Å². The van der Waals surface area contributed by atoms with Crippen LogP contribution in [0.25, 0.3) is 0 Å². The van der Waals surface area contributed by atoms with Crippen molar-refractivity contribution in [3.05, 3.63) is 12.4 Å². The zero-order valence-electron chi connectivity index (χ0n) is 9.46. The lowest BCUT2D eigenvalue weighted by Gasteiger charge is -2.17. The fourth-order valence-corrected chi connectivity index (χ4v) is 3.09. The Morgan fingerprint density at radius 1 is 1.47 bits per heavy atom. The molecule has 1 aromatic rings. The highest BCUT2D eigenvalue weighted by atomic mass is 32.2. The van der Waals surface area contributed by atoms with Gasteiger partial charge in [0, 0.05) is 26.3 Å². The predicted molar refractivity (Wildman–Crippen MR) is 59.6 cm³/mol. The minimum absolute atomic E-state index is 0.120. The molecule has 0 unspecified atom stereocenters. The molecule has 1 N–H and O–H groups in total. The standard InChI is InChI=1S/C9H14N4O3S/c1-12-6-8(5-11-12)17(15,16)13-4-2-3-10-9(14)7-13/h5-6H,2-4,7H2,1H3,(H,10,14). The van der Waals surface area contributed by atoms with Crippen LogP contribution < -0.4 is 5.32 Å². The summed E-state index contributed by atoms with van der Waals surface area (Å²) in [6.07, 6.45) is 3.33. The topological polar surface area (TPSA) is 84.3 Å². The van der Waals surface area contributed by atoms with Gasteiger partial charge in [0.05, 0.1) is 12.7 Å². The van der Waals surface area contributed by atoms with Gasteiger partial charge in [-0.1, -0.05) is 0 Å². The summed E-state index contributed by atoms with van der Waals surface area (Å²) in [5, 5.41) is 6.47. The molecule has 1 aromatic heterocycles. The minimum atomic E-state index is -3.61. The van der Waals surface area contributed by atoms with Gasteiger partial charge in [0.15, 0.2) is 0 Å². The van der Waals surface area contributed by atoms with E-state index in [4.69, 9.17) is 0 Å². The number of rotatable bonds is 2. The summed E-state index contributed by atoms with van der Waals surface area (Å²) >= 11 is 0. The Kier molecular flexibility index (Phi) is 3.16. The quantitative estimate of drug-likeness (QED) is 0.732. The van der Waals surface area contributed by atoms with Crippen LogP contribution >= 0.6 is 0 Å². The molecule has 0 aliphatic carbocycles. The smallest absolute Gasteiger partial charge is 0.246 e. The van der Waals surface area contributed by atoms with Crippen LogP contribution in [-0.2, 0) is 21.9 Å². The molecule has 17 heavy (non-hydrogen) atoms. The number of nitrogens with one attached hydrogen (secondary N) is 1. The average molecular weight is 258 g/mol. The van der Waals surface area contributed by atoms with Gasteiger partial charge in [0.2, 0.25) is 15.9 Å². The number of sulfonamides is 1. The molecule has 0 radical (unpaired) electrons. The fourth-order valence-electron chi connectivity index (χ4n) is 1.66. The maximum Gasteiger partial charge on any atom is 0.246 e. The molecule has 94 valence electrons. The van der Waals surface area contributed by atoms with E-state index >= 15 is 0 Å². The van der Waals surface area contributed by atoms with Gasteiger partial charge in [-0.15, -0.1) is 0 Å². The lowest BCUT2D eigenvalue weighted by atomic mass is 10.4. The normalized spacial score (nSPS) is 18.8. The van der Waals surface area contributed by atoms with Gasteiger partial charge in [-0.05, 0) is 6.42 Å². The van der Waals surface area contributed by atoms with Crippen molar-refractivity contribution in [2.75, 3.05) is 19.6 Å². The maximum absolute atomic E-state index is 12.2. The Morgan fingerprint density at radius 3 is 2.88 bits per heavy atom. The Hall–Kier alpha value is -1.41. The number of carbonyl (C=O) groups excluding carboxylic acids is 1. The number of aromatic nitrogens is 2. The molecule has 7 nitrogen and oxygen atoms in total. The molecule has 0 saturated carbocycles. The van der Waals surface area contributed by atoms with Crippen molar-refractivity contribution < 1.29 is 13.2 Å². The summed E-state index contributed by atoms with van der Waals surface area (Å²) in [5.74, 6) is -0.269. The van der Waals surface area contributed by atoms with E-state index in [2.05, 4.69) is 10.4 Å². The zero-order chi connectivity index (χ0) is 12.5. The maximum atomic E-state index is 12.2. The predicted octanol–water partition coefficient (Wildman–Crippen LogP) is -1.07. The van der Waals surface area contributed by atoms with Crippen LogP contribution in [0, 0.1) is 0 Å². The van der Waals surface area contributed by atoms with Crippen molar-refractivity contribution in [1.82, 2.24) is 19.4 Å². The second-order valence-corrected chi connectivity index (χ2v) is 5.83. The first-order chi connectivity index (χ1) is 8.00. The first-order valence-corrected chi connectivity index (χ1v) is 6.69. The average Bonchev–Trinajstić information content (AvgIpc) is 2.57. The van der Waals surface area contributed by atoms with Crippen molar-refractivity contribution in [2.24, 2.45) is 7.05 Å². The molecule has 0 bridgehead atoms. The van der Waals surface area contributed by atoms with Gasteiger partial charge in [-0.2, -0.15) is 9.40 Å². The molecule has 1 saturated heterocycles. The van der Waals surface area contributed by atoms with Gasteiger partial charge in [0.25, 0.3) is 0 Å². The monoisotopic (exact) mass is 258 g/mol. The van der Waals surface area contributed by atoms with Gasteiger partial charge < -0.3 is 5.32 Å². The van der Waals surface area contributed by atoms with E-state index in [0.717, 1.165) is 0 Å². The minimum Gasteiger partial charge on any atom is -0.355 e. The first-order valence-electron chi connectivity index (χ1n) is 5.25. The van der Waals surface area contributed by atoms with Gasteiger partial charge >= 0.3 is 0 Å². The summed E-state index contributed by atoms with van der Waals surface area (Å²) in [6.45, 7) is 0.727. The Morgan fingerprint density at radius 2 is 2.24 bits per heavy atom. The molecule has 8 heteroatoms. The van der Waals surface area contributed by atoms with E-state index in [0.29, 0.717) is 19.5 Å². The van der Waals surface area contributed by atoms with Crippen molar-refractivity contribution in [2.45, 2.75) is 11.3 Å². The van der Waals surface area contributed by atoms with Crippen LogP contribution in [-0.4, -0.2) is 48.0 Å². The van der Waals surface area contributed by atoms with Crippen molar-refractivity contribution in [3.8, 4) is 0 Å². The van der Waals surface area contributed by atoms with Gasteiger partial charge in [-0.25, -0.2) is 8.42 Å². The van der Waals surface area contributed by atoms with Crippen LogP contribution in [0.2, 0.25) is 0 Å². The molecule has 1 aliphatic heterocycles. The Labute approximate surface area is 99.5 Å². The van der Waals surface area contributed by atoms with E-state index in [1.807, 2.05) is 0 Å². The van der Waals surface area contributed by atoms with Crippen molar-refractivity contribution >= 4 is 15.9 Å². The van der Waals surface area contributed by atoms with Gasteiger partial charge in [-0.3, -0.25) is 9.48 Å². The fraction of sp³-hybridized carbons (Fsp3) is 0.556. The second-order valence-electron chi connectivity index (χ2n) is 3.89. The number of carbonyl (C=O) groups is 1. The summed E-state index contributed by atoms with van der Waals surface area (Å²) in [6, 6.07) is 0. The number of hydrogen-bond acceptors (Lipinski definition) is 4. The summed E-state index contributed by atoms with van der Waals surface area (Å²) < 4.78 is 27.0. The van der Waals surface area contributed by atoms with E-state index in [1.54, 1.807) is 7.05 Å². The molecule has 2 rings (SSSR count). The number of nitrogens with zero attached hydrogens (tertiary/aromatic N) is 3. The largest absolute Gasteiger partial charge is 0.355 e. The van der Waals surface area contributed by atoms with E-state index in [1.165, 1.54) is 21.4 Å². The highest BCUT2D eigenvalue weighted by Gasteiger charge is 2.28. The van der Waals surface area contributed by atoms with E-state index < -0.39 is 10.0 Å². The number of hydrogen-bond donors (Lipinski definition) is 1. The number of amides is 1. The van der Waals surface area contributed by atoms with Gasteiger partial charge in [0.1, 0.15) is 4.90 Å².